The van der Waals surface area contributed by atoms with Gasteiger partial charge in [0.25, 0.3) is 5.91 Å². The molecule has 0 aliphatic carbocycles. The molecule has 4 nitrogen and oxygen atoms in total. The lowest BCUT2D eigenvalue weighted by atomic mass is 10.1. The second kappa shape index (κ2) is 6.23. The van der Waals surface area contributed by atoms with Crippen molar-refractivity contribution in [3.05, 3.63) is 16.3 Å². The average Bonchev–Trinajstić information content (AvgIpc) is 2.76. The molecule has 1 unspecified atom stereocenters. The van der Waals surface area contributed by atoms with E-state index in [9.17, 15) is 4.79 Å². The quantitative estimate of drug-likeness (QED) is 0.895. The number of piperidine rings is 1. The smallest absolute Gasteiger partial charge is 0.267 e. The first kappa shape index (κ1) is 14.3. The number of carbonyl (C=O) groups excluding carboxylic acids is 1. The molecule has 0 aromatic carbocycles. The molecule has 1 amide bonds. The normalized spacial score (nSPS) is 19.6. The number of likely N-dealkylation sites (tertiary alicyclic amines) is 1. The Kier molecular flexibility index (Phi) is 5.24. The molecule has 0 saturated carbocycles. The number of halogens is 1. The number of hydrogen-bond acceptors (Lipinski definition) is 4. The molecule has 2 heterocycles. The third-order valence-electron chi connectivity index (χ3n) is 2.79. The summed E-state index contributed by atoms with van der Waals surface area (Å²) in [6.07, 6.45) is 1.99. The van der Waals surface area contributed by atoms with Crippen molar-refractivity contribution < 1.29 is 9.53 Å². The summed E-state index contributed by atoms with van der Waals surface area (Å²) in [4.78, 5) is 14.7. The summed E-state index contributed by atoms with van der Waals surface area (Å²) in [5, 5.41) is 1.87. The lowest BCUT2D eigenvalue weighted by molar-refractivity contribution is 0.0710. The molecular weight excluding hydrogens is 260 g/mol. The summed E-state index contributed by atoms with van der Waals surface area (Å²) in [7, 11) is 1.58. The van der Waals surface area contributed by atoms with Crippen molar-refractivity contribution in [3.8, 4) is 5.75 Å². The van der Waals surface area contributed by atoms with Crippen LogP contribution in [0.5, 0.6) is 5.75 Å². The fourth-order valence-electron chi connectivity index (χ4n) is 1.95. The molecule has 2 rings (SSSR count). The molecule has 1 aliphatic heterocycles. The predicted octanol–water partition coefficient (Wildman–Crippen LogP) is 1.74. The molecule has 17 heavy (non-hydrogen) atoms. The van der Waals surface area contributed by atoms with Crippen LogP contribution in [0, 0.1) is 0 Å². The Morgan fingerprint density at radius 2 is 2.41 bits per heavy atom. The Morgan fingerprint density at radius 3 is 3.06 bits per heavy atom. The average molecular weight is 277 g/mol. The van der Waals surface area contributed by atoms with E-state index in [0.29, 0.717) is 17.2 Å². The fourth-order valence-corrected chi connectivity index (χ4v) is 2.78. The van der Waals surface area contributed by atoms with E-state index >= 15 is 0 Å². The van der Waals surface area contributed by atoms with Gasteiger partial charge >= 0.3 is 0 Å². The number of ether oxygens (including phenoxy) is 1. The number of carbonyl (C=O) groups is 1. The molecule has 0 spiro atoms. The molecule has 1 saturated heterocycles. The monoisotopic (exact) mass is 276 g/mol. The first-order chi connectivity index (χ1) is 7.72. The van der Waals surface area contributed by atoms with E-state index in [1.54, 1.807) is 7.11 Å². The van der Waals surface area contributed by atoms with E-state index < -0.39 is 0 Å². The van der Waals surface area contributed by atoms with E-state index in [1.165, 1.54) is 11.3 Å². The zero-order valence-electron chi connectivity index (χ0n) is 9.72. The summed E-state index contributed by atoms with van der Waals surface area (Å²) in [6.45, 7) is 1.45. The van der Waals surface area contributed by atoms with Gasteiger partial charge in [0.15, 0.2) is 0 Å². The summed E-state index contributed by atoms with van der Waals surface area (Å²) < 4.78 is 5.16. The van der Waals surface area contributed by atoms with E-state index in [0.717, 1.165) is 19.4 Å². The maximum atomic E-state index is 12.2. The van der Waals surface area contributed by atoms with Crippen LogP contribution in [-0.2, 0) is 0 Å². The van der Waals surface area contributed by atoms with Gasteiger partial charge in [-0.1, -0.05) is 0 Å². The maximum Gasteiger partial charge on any atom is 0.267 e. The number of amides is 1. The minimum absolute atomic E-state index is 0. The van der Waals surface area contributed by atoms with Crippen LogP contribution in [0.4, 0.5) is 0 Å². The van der Waals surface area contributed by atoms with Crippen LogP contribution < -0.4 is 10.5 Å². The SMILES string of the molecule is COc1ccsc1C(=O)N1CCCC(N)C1.Cl. The van der Waals surface area contributed by atoms with E-state index in [2.05, 4.69) is 0 Å². The maximum absolute atomic E-state index is 12.2. The Labute approximate surface area is 111 Å². The van der Waals surface area contributed by atoms with Crippen LogP contribution in [0.3, 0.4) is 0 Å². The largest absolute Gasteiger partial charge is 0.495 e. The summed E-state index contributed by atoms with van der Waals surface area (Å²) in [5.74, 6) is 0.705. The Hall–Kier alpha value is -0.780. The molecule has 2 N–H and O–H groups in total. The molecule has 0 radical (unpaired) electrons. The van der Waals surface area contributed by atoms with Crippen LogP contribution in [0.1, 0.15) is 22.5 Å². The number of rotatable bonds is 2. The minimum Gasteiger partial charge on any atom is -0.495 e. The van der Waals surface area contributed by atoms with Crippen molar-refractivity contribution in [2.24, 2.45) is 5.73 Å². The van der Waals surface area contributed by atoms with Crippen molar-refractivity contribution in [3.63, 3.8) is 0 Å². The van der Waals surface area contributed by atoms with E-state index in [-0.39, 0.29) is 24.4 Å². The fraction of sp³-hybridized carbons (Fsp3) is 0.545. The molecule has 0 bridgehead atoms. The van der Waals surface area contributed by atoms with Gasteiger partial charge in [-0.3, -0.25) is 4.79 Å². The third-order valence-corrected chi connectivity index (χ3v) is 3.67. The molecule has 96 valence electrons. The number of nitrogens with two attached hydrogens (primary N) is 1. The Morgan fingerprint density at radius 1 is 1.65 bits per heavy atom. The standard InChI is InChI=1S/C11H16N2O2S.ClH/c1-15-9-4-6-16-10(9)11(14)13-5-2-3-8(12)7-13;/h4,6,8H,2-3,5,7,12H2,1H3;1H. The molecular formula is C11H17ClN2O2S. The number of nitrogens with zero attached hydrogens (tertiary/aromatic N) is 1. The van der Waals surface area contributed by atoms with E-state index in [4.69, 9.17) is 10.5 Å². The van der Waals surface area contributed by atoms with Crippen molar-refractivity contribution >= 4 is 29.7 Å². The summed E-state index contributed by atoms with van der Waals surface area (Å²) in [6, 6.07) is 1.94. The highest BCUT2D eigenvalue weighted by Gasteiger charge is 2.25. The van der Waals surface area contributed by atoms with Gasteiger partial charge in [0.05, 0.1) is 7.11 Å². The van der Waals surface area contributed by atoms with Gasteiger partial charge in [0, 0.05) is 19.1 Å². The van der Waals surface area contributed by atoms with Crippen LogP contribution in [-0.4, -0.2) is 37.0 Å². The molecule has 1 fully saturated rings. The van der Waals surface area contributed by atoms with Crippen molar-refractivity contribution in [1.82, 2.24) is 4.90 Å². The van der Waals surface area contributed by atoms with Crippen LogP contribution in [0.2, 0.25) is 0 Å². The number of hydrogen-bond donors (Lipinski definition) is 1. The van der Waals surface area contributed by atoms with Gasteiger partial charge < -0.3 is 15.4 Å². The topological polar surface area (TPSA) is 55.6 Å². The zero-order chi connectivity index (χ0) is 11.5. The third kappa shape index (κ3) is 3.12. The lowest BCUT2D eigenvalue weighted by Crippen LogP contribution is -2.45. The summed E-state index contributed by atoms with van der Waals surface area (Å²) in [5.41, 5.74) is 5.87. The van der Waals surface area contributed by atoms with Gasteiger partial charge in [0.2, 0.25) is 0 Å². The van der Waals surface area contributed by atoms with Gasteiger partial charge in [-0.25, -0.2) is 0 Å². The number of thiophene rings is 1. The Balaban J connectivity index is 0.00000144. The molecule has 1 aromatic heterocycles. The highest BCUT2D eigenvalue weighted by molar-refractivity contribution is 7.12. The molecule has 1 aliphatic rings. The van der Waals surface area contributed by atoms with Gasteiger partial charge in [-0.15, -0.1) is 23.7 Å². The lowest BCUT2D eigenvalue weighted by Gasteiger charge is -2.30. The van der Waals surface area contributed by atoms with Crippen molar-refractivity contribution in [2.45, 2.75) is 18.9 Å². The van der Waals surface area contributed by atoms with Gasteiger partial charge in [0.1, 0.15) is 10.6 Å². The van der Waals surface area contributed by atoms with Crippen molar-refractivity contribution in [2.75, 3.05) is 20.2 Å². The summed E-state index contributed by atoms with van der Waals surface area (Å²) >= 11 is 1.42. The first-order valence-electron chi connectivity index (χ1n) is 5.38. The first-order valence-corrected chi connectivity index (χ1v) is 6.26. The van der Waals surface area contributed by atoms with Gasteiger partial charge in [-0.2, -0.15) is 0 Å². The number of methoxy groups -OCH3 is 1. The van der Waals surface area contributed by atoms with Gasteiger partial charge in [-0.05, 0) is 24.3 Å². The second-order valence-corrected chi connectivity index (χ2v) is 4.89. The van der Waals surface area contributed by atoms with Crippen molar-refractivity contribution in [1.29, 1.82) is 0 Å². The molecule has 6 heteroatoms. The van der Waals surface area contributed by atoms with Crippen LogP contribution in [0.15, 0.2) is 11.4 Å². The molecule has 1 aromatic rings. The Bertz CT molecular complexity index is 383. The molecule has 1 atom stereocenters. The predicted molar refractivity (Wildman–Crippen MR) is 71.2 cm³/mol. The van der Waals surface area contributed by atoms with Crippen LogP contribution >= 0.6 is 23.7 Å². The zero-order valence-corrected chi connectivity index (χ0v) is 11.4. The van der Waals surface area contributed by atoms with E-state index in [1.807, 2.05) is 16.3 Å². The highest BCUT2D eigenvalue weighted by Crippen LogP contribution is 2.26. The van der Waals surface area contributed by atoms with Crippen LogP contribution in [0.25, 0.3) is 0 Å². The second-order valence-electron chi connectivity index (χ2n) is 3.97. The highest BCUT2D eigenvalue weighted by atomic mass is 35.5. The minimum atomic E-state index is 0.